The molecule has 1 aliphatic rings. The van der Waals surface area contributed by atoms with Crippen LogP contribution in [0.1, 0.15) is 26.2 Å². The molecule has 0 saturated heterocycles. The lowest BCUT2D eigenvalue weighted by atomic mass is 10.1. The maximum absolute atomic E-state index is 6.32. The van der Waals surface area contributed by atoms with Crippen molar-refractivity contribution in [3.63, 3.8) is 0 Å². The summed E-state index contributed by atoms with van der Waals surface area (Å²) in [4.78, 5) is 0. The highest BCUT2D eigenvalue weighted by Gasteiger charge is 2.22. The van der Waals surface area contributed by atoms with E-state index >= 15 is 0 Å². The number of alkyl halides is 1. The molecule has 0 aliphatic carbocycles. The van der Waals surface area contributed by atoms with Crippen molar-refractivity contribution in [3.8, 4) is 12.3 Å². The first-order chi connectivity index (χ1) is 8.27. The average molecular weight is 251 g/mol. The Morgan fingerprint density at radius 1 is 1.47 bits per heavy atom. The predicted molar refractivity (Wildman–Crippen MR) is 74.1 cm³/mol. The molecular weight excluding hydrogens is 232 g/mol. The molecule has 0 spiro atoms. The first-order valence-corrected chi connectivity index (χ1v) is 6.40. The second-order valence-corrected chi connectivity index (χ2v) is 4.56. The molecule has 0 bridgehead atoms. The lowest BCUT2D eigenvalue weighted by molar-refractivity contribution is 0.0129. The summed E-state index contributed by atoms with van der Waals surface area (Å²) >= 11 is 6.32. The van der Waals surface area contributed by atoms with Gasteiger partial charge >= 0.3 is 0 Å². The first kappa shape index (κ1) is 14.1. The molecule has 17 heavy (non-hydrogen) atoms. The SMILES string of the molecule is C#C/C=C/C[C@H]1O[C@@H](/C=C/C)C/C=C/C[C@H]1Cl. The predicted octanol–water partition coefficient (Wildman–Crippen LogP) is 3.85. The van der Waals surface area contributed by atoms with Gasteiger partial charge in [-0.25, -0.2) is 0 Å². The highest BCUT2D eigenvalue weighted by atomic mass is 35.5. The zero-order chi connectivity index (χ0) is 12.5. The topological polar surface area (TPSA) is 9.23 Å². The van der Waals surface area contributed by atoms with Gasteiger partial charge in [0, 0.05) is 0 Å². The highest BCUT2D eigenvalue weighted by molar-refractivity contribution is 6.21. The summed E-state index contributed by atoms with van der Waals surface area (Å²) in [5.74, 6) is 2.48. The molecule has 0 aromatic carbocycles. The first-order valence-electron chi connectivity index (χ1n) is 5.96. The van der Waals surface area contributed by atoms with Gasteiger partial charge in [0.1, 0.15) is 0 Å². The van der Waals surface area contributed by atoms with Crippen molar-refractivity contribution in [1.82, 2.24) is 0 Å². The number of halogens is 1. The molecule has 0 N–H and O–H groups in total. The summed E-state index contributed by atoms with van der Waals surface area (Å²) in [5.41, 5.74) is 0. The van der Waals surface area contributed by atoms with Crippen LogP contribution >= 0.6 is 11.6 Å². The van der Waals surface area contributed by atoms with Crippen LogP contribution in [0.15, 0.2) is 36.5 Å². The molecule has 1 heterocycles. The summed E-state index contributed by atoms with van der Waals surface area (Å²) < 4.78 is 6.00. The molecule has 0 aromatic rings. The van der Waals surface area contributed by atoms with Gasteiger partial charge in [-0.05, 0) is 32.3 Å². The van der Waals surface area contributed by atoms with Crippen LogP contribution in [0.25, 0.3) is 0 Å². The largest absolute Gasteiger partial charge is 0.369 e. The molecule has 0 fully saturated rings. The Labute approximate surface area is 109 Å². The van der Waals surface area contributed by atoms with E-state index in [-0.39, 0.29) is 17.6 Å². The van der Waals surface area contributed by atoms with Gasteiger partial charge in [-0.1, -0.05) is 36.3 Å². The van der Waals surface area contributed by atoms with Crippen LogP contribution in [0.3, 0.4) is 0 Å². The lowest BCUT2D eigenvalue weighted by Crippen LogP contribution is -2.29. The van der Waals surface area contributed by atoms with Gasteiger partial charge in [0.2, 0.25) is 0 Å². The number of allylic oxidation sites excluding steroid dienone is 3. The van der Waals surface area contributed by atoms with Crippen LogP contribution in [-0.2, 0) is 4.74 Å². The number of ether oxygens (including phenoxy) is 1. The Kier molecular flexibility index (Phi) is 6.77. The van der Waals surface area contributed by atoms with E-state index in [0.29, 0.717) is 0 Å². The van der Waals surface area contributed by atoms with Crippen LogP contribution in [0.5, 0.6) is 0 Å². The molecule has 0 radical (unpaired) electrons. The lowest BCUT2D eigenvalue weighted by Gasteiger charge is -2.26. The smallest absolute Gasteiger partial charge is 0.0794 e. The molecule has 2 heteroatoms. The standard InChI is InChI=1S/C15H19ClO/c1-3-5-6-12-15-14(16)11-8-7-10-13(17-15)9-4-2/h1,4-9,13-15H,10-12H2,2H3/b6-5+,8-7+,9-4+/t13-,14+,15+/m0/s1. The fraction of sp³-hybridized carbons (Fsp3) is 0.467. The van der Waals surface area contributed by atoms with Crippen LogP contribution < -0.4 is 0 Å². The van der Waals surface area contributed by atoms with Crippen LogP contribution in [0.4, 0.5) is 0 Å². The molecule has 0 unspecified atom stereocenters. The maximum Gasteiger partial charge on any atom is 0.0794 e. The average Bonchev–Trinajstić information content (AvgIpc) is 2.31. The van der Waals surface area contributed by atoms with E-state index in [1.807, 2.05) is 19.1 Å². The summed E-state index contributed by atoms with van der Waals surface area (Å²) in [5, 5.41) is 0.00160. The van der Waals surface area contributed by atoms with Gasteiger partial charge in [-0.3, -0.25) is 0 Å². The van der Waals surface area contributed by atoms with Crippen molar-refractivity contribution in [2.75, 3.05) is 0 Å². The number of rotatable bonds is 3. The summed E-state index contributed by atoms with van der Waals surface area (Å²) in [6, 6.07) is 0. The van der Waals surface area contributed by atoms with Gasteiger partial charge < -0.3 is 4.74 Å². The maximum atomic E-state index is 6.32. The minimum absolute atomic E-state index is 0.00160. The zero-order valence-corrected chi connectivity index (χ0v) is 10.9. The molecule has 1 nitrogen and oxygen atoms in total. The minimum Gasteiger partial charge on any atom is -0.369 e. The van der Waals surface area contributed by atoms with Gasteiger partial charge in [-0.2, -0.15) is 0 Å². The summed E-state index contributed by atoms with van der Waals surface area (Å²) in [7, 11) is 0. The van der Waals surface area contributed by atoms with E-state index < -0.39 is 0 Å². The van der Waals surface area contributed by atoms with Gasteiger partial charge in [-0.15, -0.1) is 18.0 Å². The number of hydrogen-bond donors (Lipinski definition) is 0. The third kappa shape index (κ3) is 5.26. The Bertz CT molecular complexity index is 335. The van der Waals surface area contributed by atoms with E-state index in [2.05, 4.69) is 24.1 Å². The van der Waals surface area contributed by atoms with Crippen LogP contribution in [-0.4, -0.2) is 17.6 Å². The van der Waals surface area contributed by atoms with E-state index in [4.69, 9.17) is 22.8 Å². The Balaban J connectivity index is 2.66. The van der Waals surface area contributed by atoms with E-state index in [1.165, 1.54) is 0 Å². The monoisotopic (exact) mass is 250 g/mol. The Morgan fingerprint density at radius 2 is 2.24 bits per heavy atom. The van der Waals surface area contributed by atoms with Crippen molar-refractivity contribution < 1.29 is 4.74 Å². The number of hydrogen-bond acceptors (Lipinski definition) is 1. The zero-order valence-electron chi connectivity index (χ0n) is 10.2. The molecule has 3 atom stereocenters. The van der Waals surface area contributed by atoms with Gasteiger partial charge in [0.15, 0.2) is 0 Å². The third-order valence-corrected chi connectivity index (χ3v) is 3.10. The second kappa shape index (κ2) is 8.17. The van der Waals surface area contributed by atoms with Crippen molar-refractivity contribution in [1.29, 1.82) is 0 Å². The molecule has 0 amide bonds. The minimum atomic E-state index is 0.00160. The Morgan fingerprint density at radius 3 is 2.94 bits per heavy atom. The van der Waals surface area contributed by atoms with E-state index in [1.54, 1.807) is 6.08 Å². The Hall–Kier alpha value is -0.970. The highest BCUT2D eigenvalue weighted by Crippen LogP contribution is 2.22. The van der Waals surface area contributed by atoms with Gasteiger partial charge in [0.25, 0.3) is 0 Å². The number of terminal acetylenes is 1. The molecule has 92 valence electrons. The quantitative estimate of drug-likeness (QED) is 0.420. The van der Waals surface area contributed by atoms with Crippen LogP contribution in [0.2, 0.25) is 0 Å². The fourth-order valence-electron chi connectivity index (χ4n) is 1.79. The van der Waals surface area contributed by atoms with Crippen molar-refractivity contribution in [2.45, 2.75) is 43.8 Å². The third-order valence-electron chi connectivity index (χ3n) is 2.64. The van der Waals surface area contributed by atoms with Crippen molar-refractivity contribution in [2.24, 2.45) is 0 Å². The van der Waals surface area contributed by atoms with E-state index in [9.17, 15) is 0 Å². The van der Waals surface area contributed by atoms with Crippen molar-refractivity contribution in [3.05, 3.63) is 36.5 Å². The second-order valence-electron chi connectivity index (χ2n) is 4.00. The summed E-state index contributed by atoms with van der Waals surface area (Å²) in [6.45, 7) is 2.00. The molecule has 0 aromatic heterocycles. The van der Waals surface area contributed by atoms with Gasteiger partial charge in [0.05, 0.1) is 17.6 Å². The normalized spacial score (nSPS) is 32.2. The molecular formula is C15H19ClO. The molecule has 1 aliphatic heterocycles. The van der Waals surface area contributed by atoms with Crippen molar-refractivity contribution >= 4 is 11.6 Å². The molecule has 1 rings (SSSR count). The summed E-state index contributed by atoms with van der Waals surface area (Å²) in [6.07, 6.45) is 19.8. The van der Waals surface area contributed by atoms with Crippen LogP contribution in [0, 0.1) is 12.3 Å². The molecule has 0 saturated carbocycles. The fourth-order valence-corrected chi connectivity index (χ4v) is 2.05. The van der Waals surface area contributed by atoms with E-state index in [0.717, 1.165) is 19.3 Å².